The van der Waals surface area contributed by atoms with Gasteiger partial charge in [0.2, 0.25) is 12.6 Å². The van der Waals surface area contributed by atoms with Gasteiger partial charge in [-0.3, -0.25) is 4.79 Å². The molecule has 0 aromatic heterocycles. The molecule has 0 aromatic rings. The average molecular weight is 292 g/mol. The molecule has 4 heteroatoms. The summed E-state index contributed by atoms with van der Waals surface area (Å²) in [6.07, 6.45) is 7.81. The SMILES string of the molecule is CC(=O)O[C@@H]1O[C@H]2OC=C(CCC=C(C)C)[C@@H]3CC[C@@H]1[C@@H]23. The van der Waals surface area contributed by atoms with Crippen LogP contribution in [0.25, 0.3) is 0 Å². The first-order valence-corrected chi connectivity index (χ1v) is 7.86. The Kier molecular flexibility index (Phi) is 4.07. The van der Waals surface area contributed by atoms with Gasteiger partial charge in [-0.25, -0.2) is 0 Å². The normalized spacial score (nSPS) is 36.5. The highest BCUT2D eigenvalue weighted by atomic mass is 16.8. The van der Waals surface area contributed by atoms with Crippen molar-refractivity contribution in [3.05, 3.63) is 23.5 Å². The van der Waals surface area contributed by atoms with Crippen LogP contribution in [0.5, 0.6) is 0 Å². The molecule has 0 N–H and O–H groups in total. The van der Waals surface area contributed by atoms with Crippen LogP contribution in [0, 0.1) is 17.8 Å². The molecule has 0 amide bonds. The Bertz CT molecular complexity index is 475. The number of carbonyl (C=O) groups excluding carboxylic acids is 1. The molecule has 0 unspecified atom stereocenters. The highest BCUT2D eigenvalue weighted by Crippen LogP contribution is 2.53. The highest BCUT2D eigenvalue weighted by molar-refractivity contribution is 5.66. The van der Waals surface area contributed by atoms with Crippen molar-refractivity contribution < 1.29 is 19.0 Å². The molecule has 21 heavy (non-hydrogen) atoms. The predicted octanol–water partition coefficient (Wildman–Crippen LogP) is 3.53. The van der Waals surface area contributed by atoms with Crippen LogP contribution in [-0.2, 0) is 19.0 Å². The van der Waals surface area contributed by atoms with Crippen LogP contribution in [0.2, 0.25) is 0 Å². The highest BCUT2D eigenvalue weighted by Gasteiger charge is 2.56. The number of carbonyl (C=O) groups is 1. The minimum atomic E-state index is -0.423. The van der Waals surface area contributed by atoms with E-state index in [0.717, 1.165) is 25.7 Å². The third-order valence-corrected chi connectivity index (χ3v) is 4.80. The summed E-state index contributed by atoms with van der Waals surface area (Å²) in [6, 6.07) is 0. The fourth-order valence-corrected chi connectivity index (χ4v) is 3.94. The van der Waals surface area contributed by atoms with E-state index in [4.69, 9.17) is 14.2 Å². The summed E-state index contributed by atoms with van der Waals surface area (Å²) in [6.45, 7) is 5.69. The first kappa shape index (κ1) is 14.6. The molecule has 2 fully saturated rings. The molecule has 1 saturated carbocycles. The van der Waals surface area contributed by atoms with Crippen molar-refractivity contribution in [3.63, 3.8) is 0 Å². The molecular formula is C17H24O4. The van der Waals surface area contributed by atoms with Crippen LogP contribution >= 0.6 is 0 Å². The minimum Gasteiger partial charge on any atom is -0.472 e. The Balaban J connectivity index is 1.67. The Morgan fingerprint density at radius 1 is 1.38 bits per heavy atom. The van der Waals surface area contributed by atoms with E-state index in [0.29, 0.717) is 11.8 Å². The number of rotatable bonds is 4. The number of ether oxygens (including phenoxy) is 3. The zero-order valence-electron chi connectivity index (χ0n) is 13.0. The summed E-state index contributed by atoms with van der Waals surface area (Å²) >= 11 is 0. The van der Waals surface area contributed by atoms with Crippen LogP contribution in [0.3, 0.4) is 0 Å². The molecule has 0 radical (unpaired) electrons. The van der Waals surface area contributed by atoms with E-state index in [2.05, 4.69) is 19.9 Å². The molecule has 0 spiro atoms. The minimum absolute atomic E-state index is 0.237. The number of esters is 1. The van der Waals surface area contributed by atoms with Crippen LogP contribution in [0.4, 0.5) is 0 Å². The Labute approximate surface area is 126 Å². The van der Waals surface area contributed by atoms with Gasteiger partial charge in [0.15, 0.2) is 0 Å². The number of allylic oxidation sites excluding steroid dienone is 3. The zero-order valence-corrected chi connectivity index (χ0v) is 13.0. The van der Waals surface area contributed by atoms with Crippen molar-refractivity contribution in [2.24, 2.45) is 17.8 Å². The lowest BCUT2D eigenvalue weighted by molar-refractivity contribution is -0.208. The molecule has 3 rings (SSSR count). The molecule has 116 valence electrons. The molecule has 1 aliphatic carbocycles. The van der Waals surface area contributed by atoms with Crippen LogP contribution in [-0.4, -0.2) is 18.5 Å². The first-order valence-electron chi connectivity index (χ1n) is 7.86. The van der Waals surface area contributed by atoms with Crippen molar-refractivity contribution in [1.82, 2.24) is 0 Å². The van der Waals surface area contributed by atoms with Gasteiger partial charge in [-0.15, -0.1) is 0 Å². The van der Waals surface area contributed by atoms with Gasteiger partial charge in [0.25, 0.3) is 0 Å². The lowest BCUT2D eigenvalue weighted by Crippen LogP contribution is -2.29. The Hall–Kier alpha value is -1.29. The lowest BCUT2D eigenvalue weighted by Gasteiger charge is -2.30. The topological polar surface area (TPSA) is 44.8 Å². The van der Waals surface area contributed by atoms with Crippen molar-refractivity contribution in [2.45, 2.75) is 59.0 Å². The first-order chi connectivity index (χ1) is 10.1. The molecule has 1 saturated heterocycles. The predicted molar refractivity (Wildman–Crippen MR) is 78.0 cm³/mol. The standard InChI is InChI=1S/C17H24O4/c1-10(2)5-4-6-12-9-19-17-15-13(12)7-8-14(15)16(21-17)20-11(3)18/h5,9,13-17H,4,6-8H2,1-3H3/t13-,14+,15-,16+,17+/m0/s1. The van der Waals surface area contributed by atoms with E-state index in [9.17, 15) is 4.79 Å². The summed E-state index contributed by atoms with van der Waals surface area (Å²) in [5.74, 6) is 0.885. The van der Waals surface area contributed by atoms with Crippen molar-refractivity contribution in [3.8, 4) is 0 Å². The molecule has 3 aliphatic rings. The summed E-state index contributed by atoms with van der Waals surface area (Å²) in [7, 11) is 0. The largest absolute Gasteiger partial charge is 0.472 e. The second-order valence-corrected chi connectivity index (χ2v) is 6.56. The van der Waals surface area contributed by atoms with Gasteiger partial charge < -0.3 is 14.2 Å². The molecule has 4 nitrogen and oxygen atoms in total. The quantitative estimate of drug-likeness (QED) is 0.587. The molecular weight excluding hydrogens is 268 g/mol. The average Bonchev–Trinajstić information content (AvgIpc) is 2.97. The maximum Gasteiger partial charge on any atom is 0.304 e. The molecule has 2 aliphatic heterocycles. The third-order valence-electron chi connectivity index (χ3n) is 4.80. The van der Waals surface area contributed by atoms with Gasteiger partial charge >= 0.3 is 5.97 Å². The van der Waals surface area contributed by atoms with Gasteiger partial charge in [0.05, 0.1) is 6.26 Å². The van der Waals surface area contributed by atoms with Gasteiger partial charge in [0, 0.05) is 18.8 Å². The smallest absolute Gasteiger partial charge is 0.304 e. The Morgan fingerprint density at radius 3 is 2.90 bits per heavy atom. The van der Waals surface area contributed by atoms with Crippen molar-refractivity contribution in [2.75, 3.05) is 0 Å². The second kappa shape index (κ2) is 5.84. The fourth-order valence-electron chi connectivity index (χ4n) is 3.94. The third kappa shape index (κ3) is 2.86. The monoisotopic (exact) mass is 292 g/mol. The molecule has 0 aromatic carbocycles. The maximum atomic E-state index is 11.2. The van der Waals surface area contributed by atoms with Gasteiger partial charge in [0.1, 0.15) is 0 Å². The van der Waals surface area contributed by atoms with E-state index < -0.39 is 6.29 Å². The maximum absolute atomic E-state index is 11.2. The van der Waals surface area contributed by atoms with Crippen LogP contribution < -0.4 is 0 Å². The van der Waals surface area contributed by atoms with E-state index in [-0.39, 0.29) is 18.2 Å². The van der Waals surface area contributed by atoms with Gasteiger partial charge in [-0.05, 0) is 51.0 Å². The number of hydrogen-bond acceptors (Lipinski definition) is 4. The molecule has 2 heterocycles. The fraction of sp³-hybridized carbons (Fsp3) is 0.706. The van der Waals surface area contributed by atoms with Crippen molar-refractivity contribution in [1.29, 1.82) is 0 Å². The van der Waals surface area contributed by atoms with Gasteiger partial charge in [-0.2, -0.15) is 0 Å². The Morgan fingerprint density at radius 2 is 2.19 bits per heavy atom. The van der Waals surface area contributed by atoms with Crippen LogP contribution in [0.1, 0.15) is 46.5 Å². The van der Waals surface area contributed by atoms with Crippen LogP contribution in [0.15, 0.2) is 23.5 Å². The molecule has 0 bridgehead atoms. The zero-order chi connectivity index (χ0) is 15.0. The lowest BCUT2D eigenvalue weighted by atomic mass is 9.82. The van der Waals surface area contributed by atoms with Crippen molar-refractivity contribution >= 4 is 5.97 Å². The number of hydrogen-bond donors (Lipinski definition) is 0. The summed E-state index contributed by atoms with van der Waals surface area (Å²) in [5.41, 5.74) is 2.75. The van der Waals surface area contributed by atoms with E-state index in [1.807, 2.05) is 6.26 Å². The van der Waals surface area contributed by atoms with Gasteiger partial charge in [-0.1, -0.05) is 11.6 Å². The summed E-state index contributed by atoms with van der Waals surface area (Å²) < 4.78 is 16.9. The second-order valence-electron chi connectivity index (χ2n) is 6.56. The summed E-state index contributed by atoms with van der Waals surface area (Å²) in [4.78, 5) is 11.2. The van der Waals surface area contributed by atoms with E-state index in [1.54, 1.807) is 0 Å². The van der Waals surface area contributed by atoms with E-state index in [1.165, 1.54) is 18.1 Å². The van der Waals surface area contributed by atoms with E-state index >= 15 is 0 Å². The summed E-state index contributed by atoms with van der Waals surface area (Å²) in [5, 5.41) is 0. The molecule has 5 atom stereocenters.